The minimum absolute atomic E-state index is 0.311. The fourth-order valence-corrected chi connectivity index (χ4v) is 2.33. The van der Waals surface area contributed by atoms with Gasteiger partial charge in [0, 0.05) is 6.04 Å². The van der Waals surface area contributed by atoms with Crippen molar-refractivity contribution in [2.75, 3.05) is 17.6 Å². The average molecular weight is 316 g/mol. The van der Waals surface area contributed by atoms with Gasteiger partial charge in [-0.05, 0) is 31.0 Å². The minimum Gasteiger partial charge on any atom is -0.491 e. The molecule has 0 aliphatic rings. The van der Waals surface area contributed by atoms with Gasteiger partial charge in [0.2, 0.25) is 10.0 Å². The maximum Gasteiger partial charge on any atom is 0.229 e. The minimum atomic E-state index is -3.44. The summed E-state index contributed by atoms with van der Waals surface area (Å²) in [5, 5.41) is 9.98. The molecule has 0 radical (unpaired) electrons. The lowest BCUT2D eigenvalue weighted by Crippen LogP contribution is -2.24. The maximum atomic E-state index is 11.4. The Labute approximate surface area is 126 Å². The molecule has 1 rings (SSSR count). The third kappa shape index (κ3) is 5.91. The second kappa shape index (κ2) is 7.63. The SMILES string of the molecule is CCCCOc1ccc([C@@H](O)[C@H](C)N)cc1NS(C)(=O)=O. The summed E-state index contributed by atoms with van der Waals surface area (Å²) >= 11 is 0. The first kappa shape index (κ1) is 17.7. The summed E-state index contributed by atoms with van der Waals surface area (Å²) in [6.45, 7) is 4.23. The number of aliphatic hydroxyl groups is 1. The van der Waals surface area contributed by atoms with E-state index in [-0.39, 0.29) is 0 Å². The van der Waals surface area contributed by atoms with Gasteiger partial charge < -0.3 is 15.6 Å². The van der Waals surface area contributed by atoms with Crippen molar-refractivity contribution in [1.82, 2.24) is 0 Å². The van der Waals surface area contributed by atoms with E-state index in [1.165, 1.54) is 0 Å². The van der Waals surface area contributed by atoms with Crippen molar-refractivity contribution >= 4 is 15.7 Å². The van der Waals surface area contributed by atoms with Gasteiger partial charge >= 0.3 is 0 Å². The highest BCUT2D eigenvalue weighted by Gasteiger charge is 2.16. The number of benzene rings is 1. The molecule has 0 aliphatic carbocycles. The van der Waals surface area contributed by atoms with Gasteiger partial charge in [-0.1, -0.05) is 19.4 Å². The van der Waals surface area contributed by atoms with Gasteiger partial charge in [-0.3, -0.25) is 4.72 Å². The Morgan fingerprint density at radius 1 is 1.43 bits per heavy atom. The number of ether oxygens (including phenoxy) is 1. The monoisotopic (exact) mass is 316 g/mol. The molecular weight excluding hydrogens is 292 g/mol. The number of unbranched alkanes of at least 4 members (excludes halogenated alkanes) is 1. The van der Waals surface area contributed by atoms with E-state index in [2.05, 4.69) is 4.72 Å². The summed E-state index contributed by atoms with van der Waals surface area (Å²) in [7, 11) is -3.44. The highest BCUT2D eigenvalue weighted by molar-refractivity contribution is 7.92. The summed E-state index contributed by atoms with van der Waals surface area (Å²) in [5.41, 5.74) is 6.51. The molecule has 0 saturated carbocycles. The number of anilines is 1. The fraction of sp³-hybridized carbons (Fsp3) is 0.571. The zero-order chi connectivity index (χ0) is 16.0. The molecular formula is C14H24N2O4S. The molecule has 1 aromatic rings. The molecule has 7 heteroatoms. The van der Waals surface area contributed by atoms with E-state index in [4.69, 9.17) is 10.5 Å². The molecule has 0 aliphatic heterocycles. The van der Waals surface area contributed by atoms with Crippen LogP contribution in [0.1, 0.15) is 38.4 Å². The summed E-state index contributed by atoms with van der Waals surface area (Å²) in [6, 6.07) is 4.42. The van der Waals surface area contributed by atoms with Crippen molar-refractivity contribution in [2.24, 2.45) is 5.73 Å². The Morgan fingerprint density at radius 2 is 2.10 bits per heavy atom. The molecule has 0 spiro atoms. The highest BCUT2D eigenvalue weighted by Crippen LogP contribution is 2.30. The Kier molecular flexibility index (Phi) is 6.44. The van der Waals surface area contributed by atoms with Crippen LogP contribution in [0.3, 0.4) is 0 Å². The van der Waals surface area contributed by atoms with Crippen molar-refractivity contribution in [1.29, 1.82) is 0 Å². The maximum absolute atomic E-state index is 11.4. The zero-order valence-electron chi connectivity index (χ0n) is 12.7. The van der Waals surface area contributed by atoms with E-state index in [0.717, 1.165) is 19.1 Å². The second-order valence-electron chi connectivity index (χ2n) is 5.14. The molecule has 0 saturated heterocycles. The Morgan fingerprint density at radius 3 is 2.62 bits per heavy atom. The quantitative estimate of drug-likeness (QED) is 0.633. The first-order valence-electron chi connectivity index (χ1n) is 6.92. The predicted molar refractivity (Wildman–Crippen MR) is 83.9 cm³/mol. The van der Waals surface area contributed by atoms with Crippen LogP contribution in [0.2, 0.25) is 0 Å². The number of sulfonamides is 1. The molecule has 120 valence electrons. The summed E-state index contributed by atoms with van der Waals surface area (Å²) in [6.07, 6.45) is 2.06. The van der Waals surface area contributed by atoms with Crippen LogP contribution in [0.5, 0.6) is 5.75 Å². The second-order valence-corrected chi connectivity index (χ2v) is 6.88. The van der Waals surface area contributed by atoms with E-state index in [1.54, 1.807) is 25.1 Å². The van der Waals surface area contributed by atoms with Gasteiger partial charge in [0.05, 0.1) is 24.7 Å². The molecule has 0 unspecified atom stereocenters. The number of rotatable bonds is 8. The number of aliphatic hydroxyl groups excluding tert-OH is 1. The molecule has 0 fully saturated rings. The third-order valence-corrected chi connectivity index (χ3v) is 3.48. The van der Waals surface area contributed by atoms with Crippen LogP contribution >= 0.6 is 0 Å². The third-order valence-electron chi connectivity index (χ3n) is 2.89. The molecule has 0 amide bonds. The molecule has 4 N–H and O–H groups in total. The topological polar surface area (TPSA) is 102 Å². The van der Waals surface area contributed by atoms with E-state index in [0.29, 0.717) is 23.6 Å². The summed E-state index contributed by atoms with van der Waals surface area (Å²) in [5.74, 6) is 0.439. The zero-order valence-corrected chi connectivity index (χ0v) is 13.5. The van der Waals surface area contributed by atoms with Crippen LogP contribution in [0.15, 0.2) is 18.2 Å². The predicted octanol–water partition coefficient (Wildman–Crippen LogP) is 1.62. The lowest BCUT2D eigenvalue weighted by molar-refractivity contribution is 0.153. The van der Waals surface area contributed by atoms with Crippen LogP contribution in [0, 0.1) is 0 Å². The van der Waals surface area contributed by atoms with Crippen molar-refractivity contribution in [2.45, 2.75) is 38.8 Å². The van der Waals surface area contributed by atoms with Crippen LogP contribution < -0.4 is 15.2 Å². The standard InChI is InChI=1S/C14H24N2O4S/c1-4-5-8-20-13-7-6-11(14(17)10(2)15)9-12(13)16-21(3,18)19/h6-7,9-10,14,16-17H,4-5,8,15H2,1-3H3/t10-,14-/m0/s1. The van der Waals surface area contributed by atoms with Crippen LogP contribution in [0.25, 0.3) is 0 Å². The van der Waals surface area contributed by atoms with Crippen molar-refractivity contribution < 1.29 is 18.3 Å². The molecule has 6 nitrogen and oxygen atoms in total. The largest absolute Gasteiger partial charge is 0.491 e. The molecule has 1 aromatic carbocycles. The molecule has 21 heavy (non-hydrogen) atoms. The van der Waals surface area contributed by atoms with Gasteiger partial charge in [0.15, 0.2) is 0 Å². The lowest BCUT2D eigenvalue weighted by atomic mass is 10.0. The van der Waals surface area contributed by atoms with E-state index in [9.17, 15) is 13.5 Å². The molecule has 0 bridgehead atoms. The Hall–Kier alpha value is -1.31. The van der Waals surface area contributed by atoms with Crippen LogP contribution in [-0.2, 0) is 10.0 Å². The van der Waals surface area contributed by atoms with Gasteiger partial charge in [0.1, 0.15) is 5.75 Å². The van der Waals surface area contributed by atoms with Crippen molar-refractivity contribution in [3.8, 4) is 5.75 Å². The Balaban J connectivity index is 3.07. The average Bonchev–Trinajstić information content (AvgIpc) is 2.37. The summed E-state index contributed by atoms with van der Waals surface area (Å²) in [4.78, 5) is 0. The number of nitrogens with two attached hydrogens (primary N) is 1. The van der Waals surface area contributed by atoms with Crippen LogP contribution in [0.4, 0.5) is 5.69 Å². The highest BCUT2D eigenvalue weighted by atomic mass is 32.2. The molecule has 0 heterocycles. The summed E-state index contributed by atoms with van der Waals surface area (Å²) < 4.78 is 30.9. The number of nitrogens with one attached hydrogen (secondary N) is 1. The van der Waals surface area contributed by atoms with Gasteiger partial charge in [-0.15, -0.1) is 0 Å². The first-order chi connectivity index (χ1) is 9.74. The Bertz CT molecular complexity index is 558. The lowest BCUT2D eigenvalue weighted by Gasteiger charge is -2.18. The normalized spacial score (nSPS) is 14.5. The van der Waals surface area contributed by atoms with Crippen molar-refractivity contribution in [3.63, 3.8) is 0 Å². The van der Waals surface area contributed by atoms with Gasteiger partial charge in [-0.25, -0.2) is 8.42 Å². The van der Waals surface area contributed by atoms with Gasteiger partial charge in [-0.2, -0.15) is 0 Å². The van der Waals surface area contributed by atoms with E-state index in [1.807, 2.05) is 6.92 Å². The van der Waals surface area contributed by atoms with Crippen molar-refractivity contribution in [3.05, 3.63) is 23.8 Å². The first-order valence-corrected chi connectivity index (χ1v) is 8.82. The molecule has 0 aromatic heterocycles. The number of hydrogen-bond acceptors (Lipinski definition) is 5. The molecule has 2 atom stereocenters. The van der Waals surface area contributed by atoms with E-state index >= 15 is 0 Å². The van der Waals surface area contributed by atoms with Gasteiger partial charge in [0.25, 0.3) is 0 Å². The van der Waals surface area contributed by atoms with Crippen LogP contribution in [-0.4, -0.2) is 32.4 Å². The fourth-order valence-electron chi connectivity index (χ4n) is 1.77. The smallest absolute Gasteiger partial charge is 0.229 e. The number of hydrogen-bond donors (Lipinski definition) is 3. The van der Waals surface area contributed by atoms with E-state index < -0.39 is 22.2 Å².